The molecule has 0 amide bonds. The normalized spacial score (nSPS) is 11.2. The van der Waals surface area contributed by atoms with Crippen LogP contribution in [-0.2, 0) is 12.1 Å². The van der Waals surface area contributed by atoms with Gasteiger partial charge in [-0.05, 0) is 30.2 Å². The zero-order valence-corrected chi connectivity index (χ0v) is 8.58. The first-order chi connectivity index (χ1) is 6.90. The van der Waals surface area contributed by atoms with Crippen LogP contribution in [0.3, 0.4) is 0 Å². The van der Waals surface area contributed by atoms with Gasteiger partial charge in [0, 0.05) is 5.88 Å². The van der Waals surface area contributed by atoms with Crippen LogP contribution in [0.4, 0.5) is 13.2 Å². The molecule has 1 nitrogen and oxygen atoms in total. The number of hydrogen-bond donors (Lipinski definition) is 0. The molecule has 1 aromatic rings. The Hall–Kier alpha value is -1.21. The minimum Gasteiger partial charge on any atom is -0.192 e. The van der Waals surface area contributed by atoms with Crippen LogP contribution in [0.5, 0.6) is 0 Å². The molecule has 0 aliphatic carbocycles. The Kier molecular flexibility index (Phi) is 3.25. The van der Waals surface area contributed by atoms with E-state index in [1.165, 1.54) is 13.0 Å². The third kappa shape index (κ3) is 2.42. The number of benzene rings is 1. The molecule has 5 heteroatoms. The van der Waals surface area contributed by atoms with Crippen molar-refractivity contribution in [3.8, 4) is 6.07 Å². The zero-order chi connectivity index (χ0) is 11.6. The first kappa shape index (κ1) is 11.9. The maximum Gasteiger partial charge on any atom is 0.416 e. The van der Waals surface area contributed by atoms with E-state index in [4.69, 9.17) is 16.9 Å². The molecule has 15 heavy (non-hydrogen) atoms. The van der Waals surface area contributed by atoms with E-state index in [1.807, 2.05) is 0 Å². The summed E-state index contributed by atoms with van der Waals surface area (Å²) in [7, 11) is 0. The quantitative estimate of drug-likeness (QED) is 0.680. The fourth-order valence-corrected chi connectivity index (χ4v) is 1.67. The molecular weight excluding hydrogens is 227 g/mol. The molecule has 0 aromatic heterocycles. The van der Waals surface area contributed by atoms with Gasteiger partial charge in [0.2, 0.25) is 0 Å². The average Bonchev–Trinajstić information content (AvgIpc) is 2.15. The van der Waals surface area contributed by atoms with Gasteiger partial charge in [0.1, 0.15) is 0 Å². The van der Waals surface area contributed by atoms with Crippen molar-refractivity contribution < 1.29 is 13.2 Å². The lowest BCUT2D eigenvalue weighted by molar-refractivity contribution is -0.138. The molecule has 0 saturated carbocycles. The van der Waals surface area contributed by atoms with Gasteiger partial charge >= 0.3 is 6.18 Å². The van der Waals surface area contributed by atoms with E-state index in [9.17, 15) is 13.2 Å². The molecule has 80 valence electrons. The number of halogens is 4. The number of rotatable bonds is 1. The number of nitriles is 1. The summed E-state index contributed by atoms with van der Waals surface area (Å²) < 4.78 is 37.7. The minimum absolute atomic E-state index is 0.00584. The number of nitrogens with zero attached hydrogens (tertiary/aromatic N) is 1. The number of alkyl halides is 4. The zero-order valence-electron chi connectivity index (χ0n) is 7.82. The second-order valence-corrected chi connectivity index (χ2v) is 3.33. The summed E-state index contributed by atoms with van der Waals surface area (Å²) >= 11 is 5.46. The molecule has 0 unspecified atom stereocenters. The van der Waals surface area contributed by atoms with Gasteiger partial charge in [-0.2, -0.15) is 18.4 Å². The topological polar surface area (TPSA) is 23.8 Å². The maximum atomic E-state index is 12.6. The lowest BCUT2D eigenvalue weighted by Gasteiger charge is -2.13. The van der Waals surface area contributed by atoms with Crippen LogP contribution < -0.4 is 0 Å². The van der Waals surface area contributed by atoms with E-state index in [0.717, 1.165) is 6.07 Å². The Bertz CT molecular complexity index is 418. The van der Waals surface area contributed by atoms with Crippen molar-refractivity contribution >= 4 is 11.6 Å². The first-order valence-corrected chi connectivity index (χ1v) is 4.60. The highest BCUT2D eigenvalue weighted by molar-refractivity contribution is 6.17. The summed E-state index contributed by atoms with van der Waals surface area (Å²) in [5, 5.41) is 8.57. The smallest absolute Gasteiger partial charge is 0.192 e. The van der Waals surface area contributed by atoms with Crippen LogP contribution in [0, 0.1) is 18.3 Å². The predicted molar refractivity (Wildman–Crippen MR) is 50.5 cm³/mol. The molecule has 1 aromatic carbocycles. The standard InChI is InChI=1S/C10H7ClF3N/c1-6-2-7(5-15)3-9(8(6)4-11)10(12,13)14/h2-3H,4H2,1H3. The second kappa shape index (κ2) is 4.11. The number of aryl methyl sites for hydroxylation is 1. The Morgan fingerprint density at radius 2 is 2.00 bits per heavy atom. The van der Waals surface area contributed by atoms with E-state index in [2.05, 4.69) is 0 Å². The van der Waals surface area contributed by atoms with Crippen LogP contribution in [0.1, 0.15) is 22.3 Å². The summed E-state index contributed by atoms with van der Waals surface area (Å²) in [5.74, 6) is -0.216. The molecule has 0 fully saturated rings. The lowest BCUT2D eigenvalue weighted by Crippen LogP contribution is -2.10. The van der Waals surface area contributed by atoms with Crippen molar-refractivity contribution in [3.05, 3.63) is 34.4 Å². The van der Waals surface area contributed by atoms with Crippen LogP contribution in [0.25, 0.3) is 0 Å². The van der Waals surface area contributed by atoms with E-state index < -0.39 is 11.7 Å². The van der Waals surface area contributed by atoms with Gasteiger partial charge in [-0.1, -0.05) is 0 Å². The van der Waals surface area contributed by atoms with Crippen molar-refractivity contribution in [2.24, 2.45) is 0 Å². The molecule has 1 rings (SSSR count). The van der Waals surface area contributed by atoms with Crippen molar-refractivity contribution in [3.63, 3.8) is 0 Å². The first-order valence-electron chi connectivity index (χ1n) is 4.07. The van der Waals surface area contributed by atoms with E-state index in [0.29, 0.717) is 5.56 Å². The molecule has 0 saturated heterocycles. The molecule has 0 spiro atoms. The number of hydrogen-bond acceptors (Lipinski definition) is 1. The van der Waals surface area contributed by atoms with Gasteiger partial charge in [0.15, 0.2) is 0 Å². The minimum atomic E-state index is -4.47. The van der Waals surface area contributed by atoms with E-state index >= 15 is 0 Å². The summed E-state index contributed by atoms with van der Waals surface area (Å²) in [5.41, 5.74) is -0.415. The van der Waals surface area contributed by atoms with Gasteiger partial charge in [-0.15, -0.1) is 11.6 Å². The lowest BCUT2D eigenvalue weighted by atomic mass is 9.99. The highest BCUT2D eigenvalue weighted by Gasteiger charge is 2.34. The molecule has 0 bridgehead atoms. The second-order valence-electron chi connectivity index (χ2n) is 3.06. The van der Waals surface area contributed by atoms with Crippen LogP contribution in [0.15, 0.2) is 12.1 Å². The molecule has 0 aliphatic rings. The molecular formula is C10H7ClF3N. The van der Waals surface area contributed by atoms with Crippen molar-refractivity contribution in [1.82, 2.24) is 0 Å². The fraction of sp³-hybridized carbons (Fsp3) is 0.300. The van der Waals surface area contributed by atoms with Gasteiger partial charge in [0.05, 0.1) is 17.2 Å². The van der Waals surface area contributed by atoms with Gasteiger partial charge < -0.3 is 0 Å². The molecule has 0 radical (unpaired) electrons. The Morgan fingerprint density at radius 3 is 2.40 bits per heavy atom. The summed E-state index contributed by atoms with van der Waals surface area (Å²) in [6.07, 6.45) is -4.47. The Labute approximate surface area is 90.1 Å². The SMILES string of the molecule is Cc1cc(C#N)cc(C(F)(F)F)c1CCl. The summed E-state index contributed by atoms with van der Waals surface area (Å²) in [6, 6.07) is 3.91. The molecule has 0 N–H and O–H groups in total. The fourth-order valence-electron chi connectivity index (χ4n) is 1.31. The van der Waals surface area contributed by atoms with Crippen molar-refractivity contribution in [2.45, 2.75) is 19.0 Å². The summed E-state index contributed by atoms with van der Waals surface area (Å²) in [4.78, 5) is 0. The van der Waals surface area contributed by atoms with E-state index in [1.54, 1.807) is 6.07 Å². The van der Waals surface area contributed by atoms with Crippen molar-refractivity contribution in [2.75, 3.05) is 0 Å². The molecule has 0 heterocycles. The molecule has 0 atom stereocenters. The van der Waals surface area contributed by atoms with Crippen LogP contribution in [-0.4, -0.2) is 0 Å². The van der Waals surface area contributed by atoms with Crippen LogP contribution >= 0.6 is 11.6 Å². The highest BCUT2D eigenvalue weighted by Crippen LogP contribution is 2.34. The van der Waals surface area contributed by atoms with Gasteiger partial charge in [-0.3, -0.25) is 0 Å². The largest absolute Gasteiger partial charge is 0.416 e. The predicted octanol–water partition coefficient (Wildman–Crippen LogP) is 3.62. The molecule has 0 aliphatic heterocycles. The highest BCUT2D eigenvalue weighted by atomic mass is 35.5. The Morgan fingerprint density at radius 1 is 1.40 bits per heavy atom. The van der Waals surface area contributed by atoms with Crippen LogP contribution in [0.2, 0.25) is 0 Å². The Balaban J connectivity index is 3.48. The van der Waals surface area contributed by atoms with Gasteiger partial charge in [0.25, 0.3) is 0 Å². The van der Waals surface area contributed by atoms with Gasteiger partial charge in [-0.25, -0.2) is 0 Å². The monoisotopic (exact) mass is 233 g/mol. The van der Waals surface area contributed by atoms with E-state index in [-0.39, 0.29) is 17.0 Å². The average molecular weight is 234 g/mol. The maximum absolute atomic E-state index is 12.6. The van der Waals surface area contributed by atoms with Crippen molar-refractivity contribution in [1.29, 1.82) is 5.26 Å². The summed E-state index contributed by atoms with van der Waals surface area (Å²) in [6.45, 7) is 1.51. The third-order valence-electron chi connectivity index (χ3n) is 2.04. The third-order valence-corrected chi connectivity index (χ3v) is 2.31.